The first-order valence-electron chi connectivity index (χ1n) is 9.04. The van der Waals surface area contributed by atoms with Crippen LogP contribution in [0.3, 0.4) is 0 Å². The number of amides is 2. The first-order valence-corrected chi connectivity index (χ1v) is 9.04. The number of nitrogens with one attached hydrogen (secondary N) is 2. The van der Waals surface area contributed by atoms with Gasteiger partial charge in [0.15, 0.2) is 5.69 Å². The summed E-state index contributed by atoms with van der Waals surface area (Å²) in [5.41, 5.74) is 2.40. The van der Waals surface area contributed by atoms with Crippen LogP contribution in [-0.4, -0.2) is 31.2 Å². The van der Waals surface area contributed by atoms with Crippen LogP contribution in [0, 0.1) is 0 Å². The molecule has 0 radical (unpaired) electrons. The van der Waals surface area contributed by atoms with Gasteiger partial charge >= 0.3 is 0 Å². The molecule has 0 saturated heterocycles. The van der Waals surface area contributed by atoms with Gasteiger partial charge < -0.3 is 10.6 Å². The van der Waals surface area contributed by atoms with Crippen LogP contribution in [0.15, 0.2) is 73.3 Å². The summed E-state index contributed by atoms with van der Waals surface area (Å²) in [4.78, 5) is 37.8. The smallest absolute Gasteiger partial charge is 0.287 e. The summed E-state index contributed by atoms with van der Waals surface area (Å²) in [6.45, 7) is 0.611. The second kappa shape index (κ2) is 8.30. The van der Waals surface area contributed by atoms with Gasteiger partial charge in [-0.15, -0.1) is 0 Å². The molecule has 4 rings (SSSR count). The standard InChI is InChI=1S/C21H18N6O2/c28-20(25-14-16-5-1-3-9-23-16)18-17-6-2-4-12-27(17)19(26-18)21(29)24-13-15-7-10-22-11-8-15/h1-12H,13-14H2,(H,24,29)(H,25,28). The van der Waals surface area contributed by atoms with Crippen LogP contribution in [0.2, 0.25) is 0 Å². The molecule has 0 bridgehead atoms. The zero-order chi connectivity index (χ0) is 20.1. The molecular weight excluding hydrogens is 368 g/mol. The second-order valence-electron chi connectivity index (χ2n) is 6.28. The number of carbonyl (C=O) groups is 2. The number of hydrogen-bond acceptors (Lipinski definition) is 5. The van der Waals surface area contributed by atoms with Gasteiger partial charge in [0, 0.05) is 31.3 Å². The van der Waals surface area contributed by atoms with Crippen molar-refractivity contribution in [1.82, 2.24) is 30.0 Å². The van der Waals surface area contributed by atoms with Gasteiger partial charge in [-0.2, -0.15) is 0 Å². The van der Waals surface area contributed by atoms with Crippen LogP contribution < -0.4 is 10.6 Å². The number of carbonyl (C=O) groups excluding carboxylic acids is 2. The average molecular weight is 386 g/mol. The molecule has 0 fully saturated rings. The summed E-state index contributed by atoms with van der Waals surface area (Å²) in [6, 6.07) is 14.5. The van der Waals surface area contributed by atoms with Crippen molar-refractivity contribution in [3.63, 3.8) is 0 Å². The summed E-state index contributed by atoms with van der Waals surface area (Å²) in [5, 5.41) is 5.63. The minimum atomic E-state index is -0.369. The number of pyridine rings is 3. The third-order valence-corrected chi connectivity index (χ3v) is 4.33. The lowest BCUT2D eigenvalue weighted by molar-refractivity contribution is 0.0939. The van der Waals surface area contributed by atoms with E-state index < -0.39 is 0 Å². The highest BCUT2D eigenvalue weighted by atomic mass is 16.2. The normalized spacial score (nSPS) is 10.6. The number of rotatable bonds is 6. The molecule has 0 aromatic carbocycles. The van der Waals surface area contributed by atoms with Crippen LogP contribution in [0.1, 0.15) is 32.4 Å². The number of aromatic nitrogens is 4. The van der Waals surface area contributed by atoms with Crippen molar-refractivity contribution in [2.75, 3.05) is 0 Å². The van der Waals surface area contributed by atoms with Gasteiger partial charge in [0.1, 0.15) is 0 Å². The molecule has 0 atom stereocenters. The third kappa shape index (κ3) is 4.11. The third-order valence-electron chi connectivity index (χ3n) is 4.33. The number of hydrogen-bond donors (Lipinski definition) is 2. The molecule has 144 valence electrons. The highest BCUT2D eigenvalue weighted by molar-refractivity contribution is 6.02. The van der Waals surface area contributed by atoms with Gasteiger partial charge in [-0.05, 0) is 42.0 Å². The molecule has 2 N–H and O–H groups in total. The zero-order valence-corrected chi connectivity index (χ0v) is 15.4. The van der Waals surface area contributed by atoms with E-state index in [4.69, 9.17) is 0 Å². The molecule has 4 aromatic rings. The van der Waals surface area contributed by atoms with E-state index in [0.29, 0.717) is 12.1 Å². The maximum atomic E-state index is 12.7. The molecular formula is C21H18N6O2. The molecule has 0 aliphatic rings. The molecule has 2 amide bonds. The van der Waals surface area contributed by atoms with E-state index in [2.05, 4.69) is 25.6 Å². The lowest BCUT2D eigenvalue weighted by Gasteiger charge is -2.04. The summed E-state index contributed by atoms with van der Waals surface area (Å²) >= 11 is 0. The summed E-state index contributed by atoms with van der Waals surface area (Å²) in [7, 11) is 0. The van der Waals surface area contributed by atoms with Crippen LogP contribution in [0.4, 0.5) is 0 Å². The molecule has 29 heavy (non-hydrogen) atoms. The van der Waals surface area contributed by atoms with Crippen molar-refractivity contribution in [3.05, 3.63) is 96.1 Å². The van der Waals surface area contributed by atoms with Crippen molar-refractivity contribution in [2.45, 2.75) is 13.1 Å². The van der Waals surface area contributed by atoms with E-state index >= 15 is 0 Å². The van der Waals surface area contributed by atoms with Crippen molar-refractivity contribution < 1.29 is 9.59 Å². The Morgan fingerprint density at radius 3 is 2.45 bits per heavy atom. The highest BCUT2D eigenvalue weighted by Crippen LogP contribution is 2.14. The fraction of sp³-hybridized carbons (Fsp3) is 0.0952. The van der Waals surface area contributed by atoms with Crippen molar-refractivity contribution >= 4 is 17.3 Å². The van der Waals surface area contributed by atoms with Crippen molar-refractivity contribution in [2.24, 2.45) is 0 Å². The van der Waals surface area contributed by atoms with Crippen molar-refractivity contribution in [3.8, 4) is 0 Å². The summed E-state index contributed by atoms with van der Waals surface area (Å²) in [6.07, 6.45) is 6.70. The van der Waals surface area contributed by atoms with E-state index in [-0.39, 0.29) is 29.9 Å². The Morgan fingerprint density at radius 2 is 1.66 bits per heavy atom. The quantitative estimate of drug-likeness (QED) is 0.528. The first-order chi connectivity index (χ1) is 14.2. The molecule has 0 spiro atoms. The van der Waals surface area contributed by atoms with E-state index in [0.717, 1.165) is 11.3 Å². The van der Waals surface area contributed by atoms with Crippen LogP contribution in [0.25, 0.3) is 5.52 Å². The van der Waals surface area contributed by atoms with Crippen LogP contribution >= 0.6 is 0 Å². The van der Waals surface area contributed by atoms with Crippen molar-refractivity contribution in [1.29, 1.82) is 0 Å². The minimum absolute atomic E-state index is 0.151. The van der Waals surface area contributed by atoms with Crippen LogP contribution in [0.5, 0.6) is 0 Å². The van der Waals surface area contributed by atoms with Gasteiger partial charge in [-0.1, -0.05) is 12.1 Å². The molecule has 8 nitrogen and oxygen atoms in total. The predicted octanol–water partition coefficient (Wildman–Crippen LogP) is 1.98. The molecule has 0 saturated carbocycles. The lowest BCUT2D eigenvalue weighted by Crippen LogP contribution is -2.26. The lowest BCUT2D eigenvalue weighted by atomic mass is 10.3. The van der Waals surface area contributed by atoms with E-state index in [9.17, 15) is 9.59 Å². The second-order valence-corrected chi connectivity index (χ2v) is 6.28. The Hall–Kier alpha value is -4.07. The minimum Gasteiger partial charge on any atom is -0.345 e. The van der Waals surface area contributed by atoms with E-state index in [1.54, 1.807) is 47.4 Å². The largest absolute Gasteiger partial charge is 0.345 e. The topological polar surface area (TPSA) is 101 Å². The highest BCUT2D eigenvalue weighted by Gasteiger charge is 2.21. The predicted molar refractivity (Wildman–Crippen MR) is 106 cm³/mol. The van der Waals surface area contributed by atoms with Gasteiger partial charge in [-0.25, -0.2) is 4.98 Å². The van der Waals surface area contributed by atoms with Gasteiger partial charge in [0.2, 0.25) is 5.82 Å². The Labute approximate surface area is 166 Å². The number of imidazole rings is 1. The van der Waals surface area contributed by atoms with Crippen LogP contribution in [-0.2, 0) is 13.1 Å². The zero-order valence-electron chi connectivity index (χ0n) is 15.4. The molecule has 0 aliphatic carbocycles. The average Bonchev–Trinajstić information content (AvgIpc) is 3.17. The summed E-state index contributed by atoms with van der Waals surface area (Å²) < 4.78 is 1.61. The Balaban J connectivity index is 1.54. The number of nitrogens with zero attached hydrogens (tertiary/aromatic N) is 4. The maximum absolute atomic E-state index is 12.7. The Kier molecular flexibility index (Phi) is 5.24. The molecule has 0 unspecified atom stereocenters. The van der Waals surface area contributed by atoms with E-state index in [1.807, 2.05) is 30.3 Å². The Morgan fingerprint density at radius 1 is 0.862 bits per heavy atom. The fourth-order valence-corrected chi connectivity index (χ4v) is 2.88. The maximum Gasteiger partial charge on any atom is 0.287 e. The SMILES string of the molecule is O=C(NCc1ccccn1)c1nc(C(=O)NCc2ccncc2)n2ccccc12. The van der Waals surface area contributed by atoms with Gasteiger partial charge in [0.05, 0.1) is 17.8 Å². The number of fused-ring (bicyclic) bond motifs is 1. The monoisotopic (exact) mass is 386 g/mol. The summed E-state index contributed by atoms with van der Waals surface area (Å²) in [5.74, 6) is -0.586. The molecule has 4 heterocycles. The molecule has 0 aliphatic heterocycles. The molecule has 4 aromatic heterocycles. The first kappa shape index (κ1) is 18.3. The Bertz CT molecular complexity index is 1050. The van der Waals surface area contributed by atoms with Gasteiger partial charge in [0.25, 0.3) is 11.8 Å². The molecule has 8 heteroatoms. The van der Waals surface area contributed by atoms with E-state index in [1.165, 1.54) is 0 Å². The van der Waals surface area contributed by atoms with Gasteiger partial charge in [-0.3, -0.25) is 24.0 Å². The fourth-order valence-electron chi connectivity index (χ4n) is 2.88.